The van der Waals surface area contributed by atoms with Crippen molar-refractivity contribution in [3.05, 3.63) is 91.1 Å². The minimum Gasteiger partial charge on any atom is -0.494 e. The van der Waals surface area contributed by atoms with Gasteiger partial charge in [0, 0.05) is 19.5 Å². The first-order valence-corrected chi connectivity index (χ1v) is 14.7. The highest BCUT2D eigenvalue weighted by atomic mass is 32.2. The summed E-state index contributed by atoms with van der Waals surface area (Å²) in [5.74, 6) is -0.0842. The van der Waals surface area contributed by atoms with Gasteiger partial charge < -0.3 is 14.6 Å². The lowest BCUT2D eigenvalue weighted by Gasteiger charge is -2.17. The van der Waals surface area contributed by atoms with Crippen molar-refractivity contribution in [2.24, 2.45) is 0 Å². The van der Waals surface area contributed by atoms with Gasteiger partial charge in [0.05, 0.1) is 24.7 Å². The monoisotopic (exact) mass is 617 g/mol. The van der Waals surface area contributed by atoms with Crippen LogP contribution in [0.25, 0.3) is 6.08 Å². The quantitative estimate of drug-likeness (QED) is 0.177. The fraction of sp³-hybridized carbons (Fsp3) is 0.281. The number of hydrogen-bond donors (Lipinski definition) is 1. The maximum Gasteiger partial charge on any atom is 0.271 e. The Hall–Kier alpha value is -4.40. The first-order chi connectivity index (χ1) is 20.6. The van der Waals surface area contributed by atoms with E-state index in [1.165, 1.54) is 37.8 Å². The Morgan fingerprint density at radius 3 is 2.42 bits per heavy atom. The molecule has 1 fully saturated rings. The number of thiocarbonyl (C=S) groups is 1. The fourth-order valence-electron chi connectivity index (χ4n) is 4.80. The van der Waals surface area contributed by atoms with E-state index in [4.69, 9.17) is 21.7 Å². The lowest BCUT2D eigenvalue weighted by molar-refractivity contribution is -0.122. The van der Waals surface area contributed by atoms with Gasteiger partial charge in [-0.3, -0.25) is 23.9 Å². The van der Waals surface area contributed by atoms with E-state index in [1.54, 1.807) is 24.3 Å². The molecule has 11 heteroatoms. The summed E-state index contributed by atoms with van der Waals surface area (Å²) in [7, 11) is 3.04. The molecule has 1 aromatic heterocycles. The Morgan fingerprint density at radius 1 is 1.07 bits per heavy atom. The largest absolute Gasteiger partial charge is 0.494 e. The number of carbonyl (C=O) groups is 2. The zero-order valence-corrected chi connectivity index (χ0v) is 25.9. The van der Waals surface area contributed by atoms with E-state index >= 15 is 0 Å². The van der Waals surface area contributed by atoms with E-state index in [9.17, 15) is 24.8 Å². The fourth-order valence-corrected chi connectivity index (χ4v) is 6.11. The van der Waals surface area contributed by atoms with Crippen molar-refractivity contribution in [2.75, 3.05) is 20.8 Å². The van der Waals surface area contributed by atoms with Crippen molar-refractivity contribution in [3.8, 4) is 23.4 Å². The number of Topliss-reactive ketones (excluding diaryl/α,β-unsaturated/α-hetero) is 1. The van der Waals surface area contributed by atoms with Gasteiger partial charge in [-0.1, -0.05) is 59.9 Å². The minimum atomic E-state index is -0.674. The molecule has 3 aromatic rings. The van der Waals surface area contributed by atoms with Crippen LogP contribution in [0.5, 0.6) is 17.4 Å². The molecular weight excluding hydrogens is 587 g/mol. The Labute approximate surface area is 259 Å². The molecule has 222 valence electrons. The molecule has 0 aliphatic carbocycles. The molecule has 0 bridgehead atoms. The summed E-state index contributed by atoms with van der Waals surface area (Å²) < 4.78 is 12.1. The van der Waals surface area contributed by atoms with Crippen molar-refractivity contribution >= 4 is 46.1 Å². The maximum atomic E-state index is 13.3. The second-order valence-electron chi connectivity index (χ2n) is 9.98. The zero-order chi connectivity index (χ0) is 31.3. The van der Waals surface area contributed by atoms with Gasteiger partial charge >= 0.3 is 0 Å². The Kier molecular flexibility index (Phi) is 10.1. The van der Waals surface area contributed by atoms with E-state index in [2.05, 4.69) is 0 Å². The zero-order valence-electron chi connectivity index (χ0n) is 24.3. The second-order valence-corrected chi connectivity index (χ2v) is 11.7. The molecule has 9 nitrogen and oxygen atoms in total. The predicted octanol–water partition coefficient (Wildman–Crippen LogP) is 5.17. The highest BCUT2D eigenvalue weighted by molar-refractivity contribution is 8.26. The van der Waals surface area contributed by atoms with Crippen molar-refractivity contribution in [3.63, 3.8) is 0 Å². The maximum absolute atomic E-state index is 13.3. The number of hydrogen-bond acceptors (Lipinski definition) is 9. The third-order valence-corrected chi connectivity index (χ3v) is 8.56. The van der Waals surface area contributed by atoms with Gasteiger partial charge in [-0.25, -0.2) is 0 Å². The average molecular weight is 618 g/mol. The number of aromatic nitrogens is 1. The third-order valence-electron chi connectivity index (χ3n) is 7.19. The number of carbonyl (C=O) groups excluding carboxylic acids is 2. The van der Waals surface area contributed by atoms with Crippen LogP contribution < -0.4 is 15.0 Å². The number of aromatic hydroxyl groups is 1. The van der Waals surface area contributed by atoms with Crippen LogP contribution in [0, 0.1) is 25.2 Å². The number of methoxy groups -OCH3 is 2. The van der Waals surface area contributed by atoms with Crippen molar-refractivity contribution < 1.29 is 24.2 Å². The Morgan fingerprint density at radius 2 is 1.77 bits per heavy atom. The summed E-state index contributed by atoms with van der Waals surface area (Å²) in [6.07, 6.45) is 2.36. The Balaban J connectivity index is 1.48. The van der Waals surface area contributed by atoms with E-state index in [0.29, 0.717) is 27.1 Å². The number of aryl methyl sites for hydroxylation is 2. The molecule has 1 aliphatic heterocycles. The van der Waals surface area contributed by atoms with Crippen LogP contribution in [0.4, 0.5) is 0 Å². The van der Waals surface area contributed by atoms with E-state index in [1.807, 2.05) is 37.3 Å². The van der Waals surface area contributed by atoms with Gasteiger partial charge in [-0.2, -0.15) is 5.26 Å². The second kappa shape index (κ2) is 13.7. The molecule has 1 N–H and O–H groups in total. The van der Waals surface area contributed by atoms with Crippen LogP contribution in [0.1, 0.15) is 51.0 Å². The van der Waals surface area contributed by atoms with E-state index < -0.39 is 17.2 Å². The molecule has 2 aromatic carbocycles. The highest BCUT2D eigenvalue weighted by Crippen LogP contribution is 2.33. The number of pyridine rings is 1. The number of ketones is 1. The predicted molar refractivity (Wildman–Crippen MR) is 170 cm³/mol. The number of rotatable bonds is 11. The summed E-state index contributed by atoms with van der Waals surface area (Å²) in [5.41, 5.74) is 1.99. The molecule has 0 radical (unpaired) electrons. The van der Waals surface area contributed by atoms with Crippen LogP contribution in [-0.2, 0) is 17.8 Å². The van der Waals surface area contributed by atoms with Gasteiger partial charge in [-0.05, 0) is 61.6 Å². The molecule has 0 atom stereocenters. The molecule has 1 aliphatic rings. The number of nitrogens with zero attached hydrogens (tertiary/aromatic N) is 3. The number of amides is 1. The Bertz CT molecular complexity index is 1720. The molecular formula is C32H31N3O6S2. The van der Waals surface area contributed by atoms with Gasteiger partial charge in [0.2, 0.25) is 5.88 Å². The van der Waals surface area contributed by atoms with Crippen molar-refractivity contribution in [1.29, 1.82) is 5.26 Å². The SMILES string of the molecule is COc1ccc(CCn2c(O)c(C(=O)CCCN3C(=O)/C(=C/c4ccc(C)cc4)SC3=S)c(C)c(C#N)c2=O)cc1OC. The van der Waals surface area contributed by atoms with Crippen LogP contribution in [0.3, 0.4) is 0 Å². The molecule has 0 unspecified atom stereocenters. The molecule has 0 saturated carbocycles. The standard InChI is InChI=1S/C32H31N3O6S2/c1-19-7-9-21(10-8-19)17-27-30(38)35(32(42)43-27)14-5-6-24(36)28-20(2)23(18-33)29(37)34(31(28)39)15-13-22-11-12-25(40-3)26(16-22)41-4/h7-12,16-17,39H,5-6,13-15H2,1-4H3/b27-17-. The molecule has 1 saturated heterocycles. The van der Waals surface area contributed by atoms with Crippen molar-refractivity contribution in [2.45, 2.75) is 39.7 Å². The lowest BCUT2D eigenvalue weighted by atomic mass is 9.99. The molecule has 4 rings (SSSR count). The molecule has 0 spiro atoms. The molecule has 1 amide bonds. The van der Waals surface area contributed by atoms with Gasteiger partial charge in [-0.15, -0.1) is 0 Å². The average Bonchev–Trinajstić information content (AvgIpc) is 3.25. The van der Waals surface area contributed by atoms with E-state index in [-0.39, 0.29) is 48.5 Å². The topological polar surface area (TPSA) is 122 Å². The summed E-state index contributed by atoms with van der Waals surface area (Å²) >= 11 is 6.63. The molecule has 43 heavy (non-hydrogen) atoms. The van der Waals surface area contributed by atoms with Crippen LogP contribution in [0.2, 0.25) is 0 Å². The summed E-state index contributed by atoms with van der Waals surface area (Å²) in [6.45, 7) is 3.70. The number of thioether (sulfide) groups is 1. The minimum absolute atomic E-state index is 0.0266. The summed E-state index contributed by atoms with van der Waals surface area (Å²) in [4.78, 5) is 41.4. The van der Waals surface area contributed by atoms with Gasteiger partial charge in [0.15, 0.2) is 17.3 Å². The number of ether oxygens (including phenoxy) is 2. The summed E-state index contributed by atoms with van der Waals surface area (Å²) in [6, 6.07) is 15.0. The first-order valence-electron chi connectivity index (χ1n) is 13.5. The lowest BCUT2D eigenvalue weighted by Crippen LogP contribution is -2.30. The van der Waals surface area contributed by atoms with Crippen molar-refractivity contribution in [1.82, 2.24) is 9.47 Å². The highest BCUT2D eigenvalue weighted by Gasteiger charge is 2.32. The van der Waals surface area contributed by atoms with Crippen LogP contribution in [0.15, 0.2) is 52.2 Å². The van der Waals surface area contributed by atoms with Crippen LogP contribution in [-0.4, -0.2) is 51.3 Å². The third kappa shape index (κ3) is 6.82. The number of benzene rings is 2. The smallest absolute Gasteiger partial charge is 0.271 e. The molecule has 2 heterocycles. The normalized spacial score (nSPS) is 13.8. The number of nitriles is 1. The van der Waals surface area contributed by atoms with E-state index in [0.717, 1.165) is 21.3 Å². The van der Waals surface area contributed by atoms with Gasteiger partial charge in [0.1, 0.15) is 16.0 Å². The first kappa shape index (κ1) is 31.5. The van der Waals surface area contributed by atoms with Crippen LogP contribution >= 0.6 is 24.0 Å². The van der Waals surface area contributed by atoms with Gasteiger partial charge in [0.25, 0.3) is 11.5 Å². The summed E-state index contributed by atoms with van der Waals surface area (Å²) in [5, 5.41) is 20.8.